The molecule has 8 heteroatoms. The van der Waals surface area contributed by atoms with E-state index in [1.165, 1.54) is 12.1 Å². The molecule has 2 aromatic carbocycles. The first-order valence-electron chi connectivity index (χ1n) is 10.5. The van der Waals surface area contributed by atoms with Gasteiger partial charge in [-0.3, -0.25) is 9.59 Å². The molecule has 0 spiro atoms. The van der Waals surface area contributed by atoms with Crippen LogP contribution in [0.1, 0.15) is 41.2 Å². The number of carbonyl (C=O) groups excluding carboxylic acids is 2. The first kappa shape index (κ1) is 21.3. The number of rotatable bonds is 5. The standard InChI is InChI=1S/C23H27FN4O3/c1-31-19-8-4-16(5-9-19)22(29)25-18-10-12-28(13-11-18)23(30)21-14-20(26-27-21)15-2-6-17(24)7-3-15/h2-9,18,20-21,26-27H,10-14H2,1H3,(H,25,29). The van der Waals surface area contributed by atoms with Crippen molar-refractivity contribution in [3.05, 3.63) is 65.5 Å². The van der Waals surface area contributed by atoms with E-state index < -0.39 is 0 Å². The van der Waals surface area contributed by atoms with Crippen LogP contribution < -0.4 is 20.9 Å². The van der Waals surface area contributed by atoms with E-state index in [9.17, 15) is 14.0 Å². The highest BCUT2D eigenvalue weighted by molar-refractivity contribution is 5.94. The second kappa shape index (κ2) is 9.45. The van der Waals surface area contributed by atoms with E-state index in [0.29, 0.717) is 30.8 Å². The molecule has 2 heterocycles. The molecule has 0 bridgehead atoms. The van der Waals surface area contributed by atoms with Gasteiger partial charge in [0.1, 0.15) is 17.6 Å². The Hall–Kier alpha value is -2.97. The molecule has 0 saturated carbocycles. The molecule has 164 valence electrons. The number of ether oxygens (including phenoxy) is 1. The van der Waals surface area contributed by atoms with Crippen LogP contribution in [0.5, 0.6) is 5.75 Å². The van der Waals surface area contributed by atoms with Crippen LogP contribution in [0, 0.1) is 5.82 Å². The van der Waals surface area contributed by atoms with E-state index >= 15 is 0 Å². The molecule has 0 aliphatic carbocycles. The molecule has 4 rings (SSSR count). The van der Waals surface area contributed by atoms with Crippen molar-refractivity contribution < 1.29 is 18.7 Å². The molecule has 2 aliphatic heterocycles. The number of nitrogens with one attached hydrogen (secondary N) is 3. The molecule has 2 fully saturated rings. The van der Waals surface area contributed by atoms with Gasteiger partial charge >= 0.3 is 0 Å². The molecular formula is C23H27FN4O3. The summed E-state index contributed by atoms with van der Waals surface area (Å²) in [5, 5.41) is 3.06. The lowest BCUT2D eigenvalue weighted by molar-refractivity contribution is -0.134. The normalized spacial score (nSPS) is 21.7. The van der Waals surface area contributed by atoms with Gasteiger partial charge in [-0.2, -0.15) is 0 Å². The number of likely N-dealkylation sites (tertiary alicyclic amines) is 1. The average molecular weight is 426 g/mol. The van der Waals surface area contributed by atoms with Gasteiger partial charge in [-0.05, 0) is 61.2 Å². The van der Waals surface area contributed by atoms with Crippen LogP contribution in [0.15, 0.2) is 48.5 Å². The van der Waals surface area contributed by atoms with E-state index in [2.05, 4.69) is 16.2 Å². The fourth-order valence-electron chi connectivity index (χ4n) is 4.11. The molecular weight excluding hydrogens is 399 g/mol. The van der Waals surface area contributed by atoms with E-state index in [1.54, 1.807) is 43.5 Å². The number of hydrazine groups is 1. The maximum atomic E-state index is 13.1. The Kier molecular flexibility index (Phi) is 6.48. The molecule has 2 unspecified atom stereocenters. The number of hydrogen-bond donors (Lipinski definition) is 3. The fourth-order valence-corrected chi connectivity index (χ4v) is 4.11. The lowest BCUT2D eigenvalue weighted by Gasteiger charge is -2.33. The molecule has 0 radical (unpaired) electrons. The van der Waals surface area contributed by atoms with Gasteiger partial charge in [-0.25, -0.2) is 15.2 Å². The summed E-state index contributed by atoms with van der Waals surface area (Å²) in [6.07, 6.45) is 2.04. The van der Waals surface area contributed by atoms with E-state index in [0.717, 1.165) is 18.4 Å². The van der Waals surface area contributed by atoms with Crippen LogP contribution in [0.25, 0.3) is 0 Å². The zero-order valence-electron chi connectivity index (χ0n) is 17.4. The van der Waals surface area contributed by atoms with Gasteiger partial charge in [0.2, 0.25) is 5.91 Å². The van der Waals surface area contributed by atoms with Crippen LogP contribution in [0.4, 0.5) is 4.39 Å². The summed E-state index contributed by atoms with van der Waals surface area (Å²) in [4.78, 5) is 27.2. The predicted molar refractivity (Wildman–Crippen MR) is 114 cm³/mol. The van der Waals surface area contributed by atoms with Gasteiger partial charge in [0.15, 0.2) is 0 Å². The number of carbonyl (C=O) groups is 2. The Balaban J connectivity index is 1.25. The Labute approximate surface area is 180 Å². The second-order valence-electron chi connectivity index (χ2n) is 7.98. The quantitative estimate of drug-likeness (QED) is 0.683. The number of piperidine rings is 1. The summed E-state index contributed by atoms with van der Waals surface area (Å²) >= 11 is 0. The summed E-state index contributed by atoms with van der Waals surface area (Å²) in [5.74, 6) is 0.373. The van der Waals surface area contributed by atoms with Gasteiger partial charge in [-0.1, -0.05) is 12.1 Å². The smallest absolute Gasteiger partial charge is 0.251 e. The van der Waals surface area contributed by atoms with Crippen molar-refractivity contribution in [2.45, 2.75) is 37.4 Å². The molecule has 2 aliphatic rings. The third-order valence-electron chi connectivity index (χ3n) is 5.97. The SMILES string of the molecule is COc1ccc(C(=O)NC2CCN(C(=O)C3CC(c4ccc(F)cc4)NN3)CC2)cc1. The van der Waals surface area contributed by atoms with Gasteiger partial charge in [0, 0.05) is 30.7 Å². The van der Waals surface area contributed by atoms with Crippen LogP contribution in [0.2, 0.25) is 0 Å². The van der Waals surface area contributed by atoms with Gasteiger partial charge < -0.3 is 15.0 Å². The monoisotopic (exact) mass is 426 g/mol. The Morgan fingerprint density at radius 1 is 1.03 bits per heavy atom. The van der Waals surface area contributed by atoms with E-state index in [1.807, 2.05) is 4.90 Å². The van der Waals surface area contributed by atoms with Crippen molar-refractivity contribution in [1.82, 2.24) is 21.1 Å². The van der Waals surface area contributed by atoms with Crippen molar-refractivity contribution in [1.29, 1.82) is 0 Å². The number of amides is 2. The Morgan fingerprint density at radius 2 is 1.71 bits per heavy atom. The lowest BCUT2D eigenvalue weighted by Crippen LogP contribution is -2.51. The van der Waals surface area contributed by atoms with Crippen LogP contribution >= 0.6 is 0 Å². The van der Waals surface area contributed by atoms with Gasteiger partial charge in [0.05, 0.1) is 7.11 Å². The first-order valence-corrected chi connectivity index (χ1v) is 10.5. The van der Waals surface area contributed by atoms with E-state index in [-0.39, 0.29) is 35.8 Å². The maximum absolute atomic E-state index is 13.1. The van der Waals surface area contributed by atoms with Gasteiger partial charge in [-0.15, -0.1) is 0 Å². The molecule has 2 atom stereocenters. The van der Waals surface area contributed by atoms with Crippen molar-refractivity contribution >= 4 is 11.8 Å². The minimum Gasteiger partial charge on any atom is -0.497 e. The molecule has 2 saturated heterocycles. The van der Waals surface area contributed by atoms with Gasteiger partial charge in [0.25, 0.3) is 5.91 Å². The van der Waals surface area contributed by atoms with Crippen molar-refractivity contribution in [2.75, 3.05) is 20.2 Å². The molecule has 3 N–H and O–H groups in total. The largest absolute Gasteiger partial charge is 0.497 e. The third-order valence-corrected chi connectivity index (χ3v) is 5.97. The molecule has 31 heavy (non-hydrogen) atoms. The van der Waals surface area contributed by atoms with E-state index in [4.69, 9.17) is 4.74 Å². The minimum atomic E-state index is -0.319. The van der Waals surface area contributed by atoms with Crippen LogP contribution in [-0.2, 0) is 4.79 Å². The summed E-state index contributed by atoms with van der Waals surface area (Å²) < 4.78 is 18.2. The highest BCUT2D eigenvalue weighted by Crippen LogP contribution is 2.24. The molecule has 7 nitrogen and oxygen atoms in total. The first-order chi connectivity index (χ1) is 15.0. The van der Waals surface area contributed by atoms with Crippen molar-refractivity contribution in [2.24, 2.45) is 0 Å². The summed E-state index contributed by atoms with van der Waals surface area (Å²) in [6.45, 7) is 1.21. The predicted octanol–water partition coefficient (Wildman–Crippen LogP) is 2.16. The van der Waals surface area contributed by atoms with Crippen LogP contribution in [0.3, 0.4) is 0 Å². The summed E-state index contributed by atoms with van der Waals surface area (Å²) in [7, 11) is 1.59. The molecule has 0 aromatic heterocycles. The lowest BCUT2D eigenvalue weighted by atomic mass is 9.99. The number of halogens is 1. The summed E-state index contributed by atoms with van der Waals surface area (Å²) in [6, 6.07) is 13.0. The number of methoxy groups -OCH3 is 1. The second-order valence-corrected chi connectivity index (χ2v) is 7.98. The minimum absolute atomic E-state index is 0.0316. The third kappa shape index (κ3) is 5.03. The number of hydrogen-bond acceptors (Lipinski definition) is 5. The maximum Gasteiger partial charge on any atom is 0.251 e. The number of nitrogens with zero attached hydrogens (tertiary/aromatic N) is 1. The fraction of sp³-hybridized carbons (Fsp3) is 0.391. The highest BCUT2D eigenvalue weighted by Gasteiger charge is 2.34. The zero-order valence-corrected chi connectivity index (χ0v) is 17.4. The topological polar surface area (TPSA) is 82.7 Å². The summed E-state index contributed by atoms with van der Waals surface area (Å²) in [5.41, 5.74) is 7.75. The number of benzene rings is 2. The van der Waals surface area contributed by atoms with Crippen molar-refractivity contribution in [3.63, 3.8) is 0 Å². The average Bonchev–Trinajstić information content (AvgIpc) is 3.30. The van der Waals surface area contributed by atoms with Crippen LogP contribution in [-0.4, -0.2) is 49.0 Å². The van der Waals surface area contributed by atoms with Crippen molar-refractivity contribution in [3.8, 4) is 5.75 Å². The Morgan fingerprint density at radius 3 is 2.35 bits per heavy atom. The molecule has 2 amide bonds. The zero-order chi connectivity index (χ0) is 21.8. The highest BCUT2D eigenvalue weighted by atomic mass is 19.1. The Bertz CT molecular complexity index is 911. The molecule has 2 aromatic rings.